The molecule has 4 nitrogen and oxygen atoms in total. The van der Waals surface area contributed by atoms with Crippen LogP contribution in [-0.2, 0) is 22.6 Å². The van der Waals surface area contributed by atoms with E-state index in [2.05, 4.69) is 27.4 Å². The quantitative estimate of drug-likeness (QED) is 0.788. The molecule has 2 fully saturated rings. The van der Waals surface area contributed by atoms with Crippen LogP contribution in [0.15, 0.2) is 42.0 Å². The third-order valence-corrected chi connectivity index (χ3v) is 6.35. The van der Waals surface area contributed by atoms with E-state index in [0.717, 1.165) is 19.6 Å². The monoisotopic (exact) mass is 358 g/mol. The predicted octanol–water partition coefficient (Wildman–Crippen LogP) is 3.73. The van der Waals surface area contributed by atoms with Crippen LogP contribution in [0, 0.1) is 5.41 Å². The Balaban J connectivity index is 1.20. The molecule has 5 heteroatoms. The Labute approximate surface area is 153 Å². The lowest BCUT2D eigenvalue weighted by Gasteiger charge is -2.38. The number of nitrogens with zero attached hydrogens (tertiary/aromatic N) is 2. The van der Waals surface area contributed by atoms with Crippen LogP contribution < -0.4 is 0 Å². The Kier molecular flexibility index (Phi) is 5.46. The van der Waals surface area contributed by atoms with Crippen LogP contribution in [0.4, 0.5) is 0 Å². The number of ether oxygens (including phenoxy) is 2. The standard InChI is InChI=1S/C20H26N2O2S/c1-2-19(25-11-1)13-22-9-5-20(6-10-22)12-18(24-16-20)15-23-14-17-3-7-21-8-4-17/h1-4,7-8,11,18H,5-6,9-10,12-16H2/t18-/m0/s1. The largest absolute Gasteiger partial charge is 0.375 e. The zero-order valence-corrected chi connectivity index (χ0v) is 15.4. The molecular weight excluding hydrogens is 332 g/mol. The van der Waals surface area contributed by atoms with Gasteiger partial charge in [0.25, 0.3) is 0 Å². The Morgan fingerprint density at radius 2 is 2.08 bits per heavy atom. The van der Waals surface area contributed by atoms with Gasteiger partial charge in [-0.1, -0.05) is 6.07 Å². The van der Waals surface area contributed by atoms with E-state index >= 15 is 0 Å². The van der Waals surface area contributed by atoms with Crippen LogP contribution in [0.2, 0.25) is 0 Å². The van der Waals surface area contributed by atoms with Gasteiger partial charge in [-0.15, -0.1) is 11.3 Å². The van der Waals surface area contributed by atoms with E-state index in [4.69, 9.17) is 9.47 Å². The van der Waals surface area contributed by atoms with Crippen molar-refractivity contribution in [3.8, 4) is 0 Å². The highest BCUT2D eigenvalue weighted by atomic mass is 32.1. The first-order valence-electron chi connectivity index (χ1n) is 9.14. The summed E-state index contributed by atoms with van der Waals surface area (Å²) in [5.41, 5.74) is 1.56. The van der Waals surface area contributed by atoms with Gasteiger partial charge in [-0.05, 0) is 66.9 Å². The fraction of sp³-hybridized carbons (Fsp3) is 0.550. The van der Waals surface area contributed by atoms with Gasteiger partial charge < -0.3 is 9.47 Å². The van der Waals surface area contributed by atoms with Crippen LogP contribution in [0.5, 0.6) is 0 Å². The molecule has 0 aromatic carbocycles. The van der Waals surface area contributed by atoms with Gasteiger partial charge >= 0.3 is 0 Å². The SMILES string of the molecule is c1csc(CN2CCC3(CC2)CO[C@H](COCc2ccncc2)C3)c1. The Morgan fingerprint density at radius 3 is 2.84 bits per heavy atom. The normalized spacial score (nSPS) is 23.3. The van der Waals surface area contributed by atoms with Gasteiger partial charge in [0.1, 0.15) is 0 Å². The van der Waals surface area contributed by atoms with Crippen LogP contribution in [0.1, 0.15) is 29.7 Å². The molecule has 2 aromatic heterocycles. The fourth-order valence-corrected chi connectivity index (χ4v) is 4.69. The summed E-state index contributed by atoms with van der Waals surface area (Å²) in [7, 11) is 0. The van der Waals surface area contributed by atoms with Crippen molar-refractivity contribution in [1.29, 1.82) is 0 Å². The van der Waals surface area contributed by atoms with Gasteiger partial charge in [-0.3, -0.25) is 9.88 Å². The molecule has 25 heavy (non-hydrogen) atoms. The van der Waals surface area contributed by atoms with Crippen LogP contribution in [0.3, 0.4) is 0 Å². The molecule has 2 aliphatic rings. The minimum absolute atomic E-state index is 0.255. The van der Waals surface area contributed by atoms with E-state index in [9.17, 15) is 0 Å². The smallest absolute Gasteiger partial charge is 0.0815 e. The molecular formula is C20H26N2O2S. The van der Waals surface area contributed by atoms with Crippen molar-refractivity contribution in [3.05, 3.63) is 52.5 Å². The number of aromatic nitrogens is 1. The molecule has 2 aliphatic heterocycles. The number of likely N-dealkylation sites (tertiary alicyclic amines) is 1. The molecule has 2 saturated heterocycles. The molecule has 4 rings (SSSR count). The summed E-state index contributed by atoms with van der Waals surface area (Å²) in [6.45, 7) is 5.72. The Bertz CT molecular complexity index is 639. The average molecular weight is 359 g/mol. The van der Waals surface area contributed by atoms with Crippen LogP contribution in [0.25, 0.3) is 0 Å². The van der Waals surface area contributed by atoms with Gasteiger partial charge in [-0.2, -0.15) is 0 Å². The van der Waals surface area contributed by atoms with Crippen molar-refractivity contribution in [2.24, 2.45) is 5.41 Å². The van der Waals surface area contributed by atoms with Gasteiger partial charge in [0.05, 0.1) is 25.9 Å². The average Bonchev–Trinajstić information content (AvgIpc) is 3.29. The lowest BCUT2D eigenvalue weighted by atomic mass is 9.76. The summed E-state index contributed by atoms with van der Waals surface area (Å²) in [6, 6.07) is 8.39. The summed E-state index contributed by atoms with van der Waals surface area (Å²) >= 11 is 1.86. The number of hydrogen-bond acceptors (Lipinski definition) is 5. The molecule has 0 radical (unpaired) electrons. The molecule has 0 N–H and O–H groups in total. The molecule has 1 spiro atoms. The van der Waals surface area contributed by atoms with Crippen LogP contribution in [-0.4, -0.2) is 42.3 Å². The predicted molar refractivity (Wildman–Crippen MR) is 99.5 cm³/mol. The maximum absolute atomic E-state index is 6.07. The van der Waals surface area contributed by atoms with E-state index in [-0.39, 0.29) is 6.10 Å². The molecule has 134 valence electrons. The maximum Gasteiger partial charge on any atom is 0.0815 e. The van der Waals surface area contributed by atoms with Gasteiger partial charge in [0, 0.05) is 23.8 Å². The highest BCUT2D eigenvalue weighted by Crippen LogP contribution is 2.42. The van der Waals surface area contributed by atoms with Crippen molar-refractivity contribution < 1.29 is 9.47 Å². The molecule has 0 aliphatic carbocycles. The van der Waals surface area contributed by atoms with Gasteiger partial charge in [0.2, 0.25) is 0 Å². The summed E-state index contributed by atoms with van der Waals surface area (Å²) < 4.78 is 11.9. The van der Waals surface area contributed by atoms with Crippen molar-refractivity contribution in [1.82, 2.24) is 9.88 Å². The minimum Gasteiger partial charge on any atom is -0.375 e. The number of piperidine rings is 1. The molecule has 0 bridgehead atoms. The summed E-state index contributed by atoms with van der Waals surface area (Å²) in [4.78, 5) is 8.09. The third kappa shape index (κ3) is 4.47. The van der Waals surface area contributed by atoms with E-state index in [1.165, 1.54) is 36.4 Å². The number of rotatable bonds is 6. The second kappa shape index (κ2) is 7.96. The van der Waals surface area contributed by atoms with Crippen molar-refractivity contribution in [2.75, 3.05) is 26.3 Å². The highest BCUT2D eigenvalue weighted by molar-refractivity contribution is 7.09. The summed E-state index contributed by atoms with van der Waals surface area (Å²) in [6.07, 6.45) is 7.52. The van der Waals surface area contributed by atoms with Gasteiger partial charge in [-0.25, -0.2) is 0 Å². The molecule has 0 unspecified atom stereocenters. The van der Waals surface area contributed by atoms with Crippen LogP contribution >= 0.6 is 11.3 Å². The first-order chi connectivity index (χ1) is 12.3. The number of pyridine rings is 1. The lowest BCUT2D eigenvalue weighted by Crippen LogP contribution is -2.40. The number of hydrogen-bond donors (Lipinski definition) is 0. The van der Waals surface area contributed by atoms with E-state index < -0.39 is 0 Å². The Hall–Kier alpha value is -1.27. The molecule has 0 amide bonds. The fourth-order valence-electron chi connectivity index (χ4n) is 3.95. The zero-order chi connectivity index (χ0) is 17.0. The van der Waals surface area contributed by atoms with Crippen molar-refractivity contribution in [3.63, 3.8) is 0 Å². The van der Waals surface area contributed by atoms with Crippen molar-refractivity contribution in [2.45, 2.75) is 38.5 Å². The molecule has 2 aromatic rings. The van der Waals surface area contributed by atoms with Crippen molar-refractivity contribution >= 4 is 11.3 Å². The third-order valence-electron chi connectivity index (χ3n) is 5.48. The molecule has 4 heterocycles. The second-order valence-corrected chi connectivity index (χ2v) is 8.40. The summed E-state index contributed by atoms with van der Waals surface area (Å²) in [5.74, 6) is 0. The topological polar surface area (TPSA) is 34.6 Å². The second-order valence-electron chi connectivity index (χ2n) is 7.36. The maximum atomic E-state index is 6.07. The Morgan fingerprint density at radius 1 is 1.24 bits per heavy atom. The lowest BCUT2D eigenvalue weighted by molar-refractivity contribution is 0.00635. The summed E-state index contributed by atoms with van der Waals surface area (Å²) in [5, 5.41) is 2.17. The molecule has 1 atom stereocenters. The van der Waals surface area contributed by atoms with Gasteiger partial charge in [0.15, 0.2) is 0 Å². The van der Waals surface area contributed by atoms with E-state index in [0.29, 0.717) is 18.6 Å². The first kappa shape index (κ1) is 17.2. The van der Waals surface area contributed by atoms with E-state index in [1.54, 1.807) is 0 Å². The first-order valence-corrected chi connectivity index (χ1v) is 10.0. The highest BCUT2D eigenvalue weighted by Gasteiger charge is 2.42. The zero-order valence-electron chi connectivity index (χ0n) is 14.6. The van der Waals surface area contributed by atoms with E-state index in [1.807, 2.05) is 35.9 Å². The number of thiophene rings is 1. The molecule has 0 saturated carbocycles. The minimum atomic E-state index is 0.255.